The second-order valence-corrected chi connectivity index (χ2v) is 5.09. The van der Waals surface area contributed by atoms with Gasteiger partial charge in [-0.3, -0.25) is 0 Å². The number of fused-ring (bicyclic) bond motifs is 1. The lowest BCUT2D eigenvalue weighted by Crippen LogP contribution is -2.10. The van der Waals surface area contributed by atoms with E-state index in [0.29, 0.717) is 0 Å². The lowest BCUT2D eigenvalue weighted by molar-refractivity contribution is 0.494. The Hall–Kier alpha value is -0.790. The van der Waals surface area contributed by atoms with Crippen molar-refractivity contribution in [3.8, 4) is 0 Å². The first-order chi connectivity index (χ1) is 7.18. The van der Waals surface area contributed by atoms with Crippen molar-refractivity contribution in [2.45, 2.75) is 59.4 Å². The van der Waals surface area contributed by atoms with E-state index in [2.05, 4.69) is 25.3 Å². The summed E-state index contributed by atoms with van der Waals surface area (Å²) >= 11 is 0. The molecule has 2 rings (SSSR count). The third kappa shape index (κ3) is 2.24. The molecule has 1 aromatic rings. The highest BCUT2D eigenvalue weighted by Gasteiger charge is 2.17. The van der Waals surface area contributed by atoms with Gasteiger partial charge in [-0.2, -0.15) is 0 Å². The van der Waals surface area contributed by atoms with E-state index in [4.69, 9.17) is 4.98 Å². The summed E-state index contributed by atoms with van der Waals surface area (Å²) in [5.74, 6) is 2.01. The molecule has 0 atom stereocenters. The van der Waals surface area contributed by atoms with E-state index in [1.165, 1.54) is 49.3 Å². The van der Waals surface area contributed by atoms with E-state index >= 15 is 0 Å². The Kier molecular flexibility index (Phi) is 3.13. The minimum atomic E-state index is 0.783. The molecule has 1 aromatic heterocycles. The van der Waals surface area contributed by atoms with Crippen LogP contribution in [0.1, 0.15) is 50.3 Å². The summed E-state index contributed by atoms with van der Waals surface area (Å²) in [6.07, 6.45) is 6.39. The van der Waals surface area contributed by atoms with E-state index in [9.17, 15) is 0 Å². The zero-order valence-electron chi connectivity index (χ0n) is 10.2. The van der Waals surface area contributed by atoms with Gasteiger partial charge in [0.25, 0.3) is 0 Å². The van der Waals surface area contributed by atoms with Gasteiger partial charge < -0.3 is 4.57 Å². The second kappa shape index (κ2) is 4.38. The van der Waals surface area contributed by atoms with Gasteiger partial charge in [-0.1, -0.05) is 13.8 Å². The van der Waals surface area contributed by atoms with E-state index < -0.39 is 0 Å². The van der Waals surface area contributed by atoms with Crippen LogP contribution in [0.3, 0.4) is 0 Å². The first kappa shape index (κ1) is 10.7. The van der Waals surface area contributed by atoms with E-state index in [1.54, 1.807) is 0 Å². The van der Waals surface area contributed by atoms with Crippen molar-refractivity contribution in [1.82, 2.24) is 9.55 Å². The number of hydrogen-bond donors (Lipinski definition) is 0. The molecule has 1 heterocycles. The van der Waals surface area contributed by atoms with Crippen molar-refractivity contribution >= 4 is 0 Å². The molecule has 15 heavy (non-hydrogen) atoms. The molecule has 0 N–H and O–H groups in total. The molecular weight excluding hydrogens is 184 g/mol. The van der Waals surface area contributed by atoms with Crippen LogP contribution in [0.5, 0.6) is 0 Å². The summed E-state index contributed by atoms with van der Waals surface area (Å²) in [5.41, 5.74) is 2.90. The highest BCUT2D eigenvalue weighted by Crippen LogP contribution is 2.22. The average molecular weight is 206 g/mol. The zero-order valence-corrected chi connectivity index (χ0v) is 10.2. The molecule has 0 aromatic carbocycles. The quantitative estimate of drug-likeness (QED) is 0.743. The molecule has 1 aliphatic rings. The SMILES string of the molecule is Cc1nc2c(n1CCC(C)C)CCCC2. The highest BCUT2D eigenvalue weighted by atomic mass is 15.1. The number of rotatable bonds is 3. The van der Waals surface area contributed by atoms with Crippen LogP contribution in [0, 0.1) is 12.8 Å². The van der Waals surface area contributed by atoms with Gasteiger partial charge in [0.05, 0.1) is 5.69 Å². The van der Waals surface area contributed by atoms with Gasteiger partial charge in [-0.25, -0.2) is 4.98 Å². The smallest absolute Gasteiger partial charge is 0.106 e. The molecule has 1 aliphatic carbocycles. The number of imidazole rings is 1. The van der Waals surface area contributed by atoms with E-state index in [1.807, 2.05) is 0 Å². The van der Waals surface area contributed by atoms with Gasteiger partial charge in [0.1, 0.15) is 5.82 Å². The Labute approximate surface area is 92.7 Å². The molecule has 0 fully saturated rings. The third-order valence-electron chi connectivity index (χ3n) is 3.35. The average Bonchev–Trinajstić information content (AvgIpc) is 2.50. The summed E-state index contributed by atoms with van der Waals surface area (Å²) in [4.78, 5) is 4.69. The van der Waals surface area contributed by atoms with E-state index in [0.717, 1.165) is 12.5 Å². The second-order valence-electron chi connectivity index (χ2n) is 5.09. The summed E-state index contributed by atoms with van der Waals surface area (Å²) < 4.78 is 2.45. The fourth-order valence-corrected chi connectivity index (χ4v) is 2.42. The number of hydrogen-bond acceptors (Lipinski definition) is 1. The molecule has 0 amide bonds. The van der Waals surface area contributed by atoms with Crippen LogP contribution in [0.25, 0.3) is 0 Å². The van der Waals surface area contributed by atoms with Crippen LogP contribution < -0.4 is 0 Å². The molecule has 2 heteroatoms. The topological polar surface area (TPSA) is 17.8 Å². The summed E-state index contributed by atoms with van der Waals surface area (Å²) in [7, 11) is 0. The van der Waals surface area contributed by atoms with Crippen molar-refractivity contribution in [2.75, 3.05) is 0 Å². The maximum Gasteiger partial charge on any atom is 0.106 e. The molecule has 0 bridgehead atoms. The first-order valence-corrected chi connectivity index (χ1v) is 6.23. The summed E-state index contributed by atoms with van der Waals surface area (Å²) in [5, 5.41) is 0. The maximum atomic E-state index is 4.69. The standard InChI is InChI=1S/C13H22N2/c1-10(2)8-9-15-11(3)14-12-6-4-5-7-13(12)15/h10H,4-9H2,1-3H3. The van der Waals surface area contributed by atoms with Gasteiger partial charge >= 0.3 is 0 Å². The minimum Gasteiger partial charge on any atom is -0.332 e. The summed E-state index contributed by atoms with van der Waals surface area (Å²) in [6, 6.07) is 0. The van der Waals surface area contributed by atoms with Crippen LogP contribution in [0.2, 0.25) is 0 Å². The van der Waals surface area contributed by atoms with Gasteiger partial charge in [-0.05, 0) is 44.9 Å². The molecule has 0 aliphatic heterocycles. The Morgan fingerprint density at radius 3 is 2.73 bits per heavy atom. The Morgan fingerprint density at radius 2 is 2.00 bits per heavy atom. The maximum absolute atomic E-state index is 4.69. The van der Waals surface area contributed by atoms with Crippen LogP contribution in [0.15, 0.2) is 0 Å². The third-order valence-corrected chi connectivity index (χ3v) is 3.35. The molecule has 84 valence electrons. The Balaban J connectivity index is 2.18. The minimum absolute atomic E-state index is 0.783. The highest BCUT2D eigenvalue weighted by molar-refractivity contribution is 5.19. The number of aromatic nitrogens is 2. The van der Waals surface area contributed by atoms with Crippen LogP contribution in [0.4, 0.5) is 0 Å². The van der Waals surface area contributed by atoms with Crippen molar-refractivity contribution in [2.24, 2.45) is 5.92 Å². The first-order valence-electron chi connectivity index (χ1n) is 6.23. The van der Waals surface area contributed by atoms with Crippen molar-refractivity contribution < 1.29 is 0 Å². The van der Waals surface area contributed by atoms with Crippen LogP contribution in [-0.2, 0) is 19.4 Å². The molecule has 0 spiro atoms. The number of aryl methyl sites for hydroxylation is 2. The van der Waals surface area contributed by atoms with Crippen LogP contribution in [-0.4, -0.2) is 9.55 Å². The fraction of sp³-hybridized carbons (Fsp3) is 0.769. The normalized spacial score (nSPS) is 15.7. The Morgan fingerprint density at radius 1 is 1.27 bits per heavy atom. The molecular formula is C13H22N2. The molecule has 0 radical (unpaired) electrons. The predicted molar refractivity (Wildman–Crippen MR) is 63.1 cm³/mol. The van der Waals surface area contributed by atoms with Crippen molar-refractivity contribution in [1.29, 1.82) is 0 Å². The molecule has 0 saturated heterocycles. The predicted octanol–water partition coefficient (Wildman–Crippen LogP) is 3.12. The zero-order chi connectivity index (χ0) is 10.8. The molecule has 2 nitrogen and oxygen atoms in total. The van der Waals surface area contributed by atoms with Gasteiger partial charge in [-0.15, -0.1) is 0 Å². The lowest BCUT2D eigenvalue weighted by Gasteiger charge is -2.15. The van der Waals surface area contributed by atoms with Gasteiger partial charge in [0.2, 0.25) is 0 Å². The fourth-order valence-electron chi connectivity index (χ4n) is 2.42. The lowest BCUT2D eigenvalue weighted by atomic mass is 10.0. The van der Waals surface area contributed by atoms with Crippen molar-refractivity contribution in [3.05, 3.63) is 17.2 Å². The van der Waals surface area contributed by atoms with Gasteiger partial charge in [0.15, 0.2) is 0 Å². The largest absolute Gasteiger partial charge is 0.332 e. The monoisotopic (exact) mass is 206 g/mol. The summed E-state index contributed by atoms with van der Waals surface area (Å²) in [6.45, 7) is 7.89. The number of nitrogens with zero attached hydrogens (tertiary/aromatic N) is 2. The van der Waals surface area contributed by atoms with Crippen LogP contribution >= 0.6 is 0 Å². The van der Waals surface area contributed by atoms with Gasteiger partial charge in [0, 0.05) is 12.2 Å². The Bertz CT molecular complexity index is 337. The molecule has 0 unspecified atom stereocenters. The van der Waals surface area contributed by atoms with E-state index in [-0.39, 0.29) is 0 Å². The molecule has 0 saturated carbocycles. The van der Waals surface area contributed by atoms with Crippen molar-refractivity contribution in [3.63, 3.8) is 0 Å².